The quantitative estimate of drug-likeness (QED) is 0.767. The van der Waals surface area contributed by atoms with Crippen LogP contribution < -0.4 is 4.74 Å². The van der Waals surface area contributed by atoms with E-state index in [-0.39, 0.29) is 0 Å². The van der Waals surface area contributed by atoms with Gasteiger partial charge in [-0.25, -0.2) is 0 Å². The summed E-state index contributed by atoms with van der Waals surface area (Å²) in [5.41, 5.74) is 0.483. The molecule has 1 aliphatic rings. The van der Waals surface area contributed by atoms with Gasteiger partial charge < -0.3 is 4.74 Å². The fourth-order valence-corrected chi connectivity index (χ4v) is 2.16. The Labute approximate surface area is 113 Å². The van der Waals surface area contributed by atoms with Gasteiger partial charge in [0, 0.05) is 19.2 Å². The number of nitrogens with zero attached hydrogens (tertiary/aromatic N) is 2. The molecule has 18 heavy (non-hydrogen) atoms. The molecule has 4 heteroatoms. The largest absolute Gasteiger partial charge is 0.492 e. The number of rotatable bonds is 5. The molecule has 0 aliphatic carbocycles. The summed E-state index contributed by atoms with van der Waals surface area (Å²) in [5, 5.41) is 9.22. The minimum Gasteiger partial charge on any atom is -0.492 e. The molecular weight excluding hydrogens is 248 g/mol. The summed E-state index contributed by atoms with van der Waals surface area (Å²) in [6.07, 6.45) is 0. The van der Waals surface area contributed by atoms with Gasteiger partial charge >= 0.3 is 0 Å². The fraction of sp³-hybridized carbons (Fsp3) is 0.500. The molecule has 2 atom stereocenters. The van der Waals surface area contributed by atoms with Crippen molar-refractivity contribution in [3.8, 4) is 11.8 Å². The molecule has 0 saturated carbocycles. The third-order valence-corrected chi connectivity index (χ3v) is 3.24. The SMILES string of the molecule is CC(C)CN1CC1COc1ccc(C#N)c(Cl)c1. The number of hydrogen-bond acceptors (Lipinski definition) is 3. The molecule has 1 aliphatic heterocycles. The minimum absolute atomic E-state index is 0.449. The second-order valence-corrected chi connectivity index (χ2v) is 5.47. The summed E-state index contributed by atoms with van der Waals surface area (Å²) in [7, 11) is 0. The lowest BCUT2D eigenvalue weighted by Gasteiger charge is -2.09. The van der Waals surface area contributed by atoms with E-state index in [0.29, 0.717) is 29.2 Å². The highest BCUT2D eigenvalue weighted by atomic mass is 35.5. The van der Waals surface area contributed by atoms with Gasteiger partial charge in [0.15, 0.2) is 0 Å². The Balaban J connectivity index is 1.82. The molecule has 0 amide bonds. The van der Waals surface area contributed by atoms with Crippen LogP contribution in [0.3, 0.4) is 0 Å². The zero-order valence-corrected chi connectivity index (χ0v) is 11.4. The zero-order valence-electron chi connectivity index (χ0n) is 10.7. The molecule has 96 valence electrons. The molecule has 1 aromatic rings. The second-order valence-electron chi connectivity index (χ2n) is 5.07. The lowest BCUT2D eigenvalue weighted by Crippen LogP contribution is -2.14. The maximum Gasteiger partial charge on any atom is 0.120 e. The predicted molar refractivity (Wildman–Crippen MR) is 71.9 cm³/mol. The van der Waals surface area contributed by atoms with Crippen molar-refractivity contribution in [1.29, 1.82) is 5.26 Å². The van der Waals surface area contributed by atoms with Crippen LogP contribution >= 0.6 is 11.6 Å². The van der Waals surface area contributed by atoms with Gasteiger partial charge in [-0.3, -0.25) is 4.90 Å². The summed E-state index contributed by atoms with van der Waals surface area (Å²) >= 11 is 5.95. The van der Waals surface area contributed by atoms with Gasteiger partial charge in [0.05, 0.1) is 16.6 Å². The standard InChI is InChI=1S/C14H17ClN2O/c1-10(2)7-17-8-12(17)9-18-13-4-3-11(6-16)14(15)5-13/h3-5,10,12H,7-9H2,1-2H3. The summed E-state index contributed by atoms with van der Waals surface area (Å²) in [6.45, 7) is 7.37. The van der Waals surface area contributed by atoms with Crippen molar-refractivity contribution in [2.75, 3.05) is 19.7 Å². The van der Waals surface area contributed by atoms with Crippen molar-refractivity contribution in [2.24, 2.45) is 5.92 Å². The number of ether oxygens (including phenoxy) is 1. The van der Waals surface area contributed by atoms with Gasteiger partial charge in [0.1, 0.15) is 18.4 Å². The average Bonchev–Trinajstić information content (AvgIpc) is 3.04. The van der Waals surface area contributed by atoms with Crippen LogP contribution in [0.4, 0.5) is 0 Å². The van der Waals surface area contributed by atoms with Crippen molar-refractivity contribution in [2.45, 2.75) is 19.9 Å². The van der Waals surface area contributed by atoms with E-state index < -0.39 is 0 Å². The Morgan fingerprint density at radius 3 is 2.94 bits per heavy atom. The Bertz CT molecular complexity index is 467. The smallest absolute Gasteiger partial charge is 0.120 e. The van der Waals surface area contributed by atoms with Crippen molar-refractivity contribution in [3.05, 3.63) is 28.8 Å². The topological polar surface area (TPSA) is 36.0 Å². The first-order valence-electron chi connectivity index (χ1n) is 6.16. The Hall–Kier alpha value is -1.24. The Morgan fingerprint density at radius 1 is 1.56 bits per heavy atom. The van der Waals surface area contributed by atoms with Gasteiger partial charge in [0.2, 0.25) is 0 Å². The van der Waals surface area contributed by atoms with Crippen molar-refractivity contribution >= 4 is 11.6 Å². The molecule has 3 nitrogen and oxygen atoms in total. The van der Waals surface area contributed by atoms with E-state index in [1.165, 1.54) is 0 Å². The minimum atomic E-state index is 0.449. The molecule has 2 rings (SSSR count). The summed E-state index contributed by atoms with van der Waals surface area (Å²) in [4.78, 5) is 2.40. The number of halogens is 1. The third-order valence-electron chi connectivity index (χ3n) is 2.93. The van der Waals surface area contributed by atoms with Crippen LogP contribution in [0.25, 0.3) is 0 Å². The zero-order chi connectivity index (χ0) is 13.1. The summed E-state index contributed by atoms with van der Waals surface area (Å²) in [6, 6.07) is 7.75. The van der Waals surface area contributed by atoms with Crippen LogP contribution in [-0.4, -0.2) is 30.6 Å². The Kier molecular flexibility index (Phi) is 4.11. The molecule has 2 unspecified atom stereocenters. The lowest BCUT2D eigenvalue weighted by molar-refractivity contribution is 0.287. The highest BCUT2D eigenvalue weighted by molar-refractivity contribution is 6.31. The van der Waals surface area contributed by atoms with E-state index in [2.05, 4.69) is 18.7 Å². The third kappa shape index (κ3) is 3.38. The van der Waals surface area contributed by atoms with Gasteiger partial charge in [-0.15, -0.1) is 0 Å². The van der Waals surface area contributed by atoms with Gasteiger partial charge in [-0.1, -0.05) is 25.4 Å². The maximum atomic E-state index is 8.77. The van der Waals surface area contributed by atoms with Crippen LogP contribution in [0.2, 0.25) is 5.02 Å². The molecule has 0 spiro atoms. The van der Waals surface area contributed by atoms with E-state index in [0.717, 1.165) is 18.8 Å². The number of hydrogen-bond donors (Lipinski definition) is 0. The fourth-order valence-electron chi connectivity index (χ4n) is 1.94. The van der Waals surface area contributed by atoms with Gasteiger partial charge in [-0.2, -0.15) is 5.26 Å². The van der Waals surface area contributed by atoms with Crippen LogP contribution in [-0.2, 0) is 0 Å². The molecule has 0 aromatic heterocycles. The molecule has 0 radical (unpaired) electrons. The normalized spacial score (nSPS) is 21.7. The van der Waals surface area contributed by atoms with Crippen molar-refractivity contribution in [3.63, 3.8) is 0 Å². The molecule has 1 saturated heterocycles. The first-order chi connectivity index (χ1) is 8.60. The first kappa shape index (κ1) is 13.2. The van der Waals surface area contributed by atoms with Crippen LogP contribution in [0.5, 0.6) is 5.75 Å². The van der Waals surface area contributed by atoms with Crippen LogP contribution in [0.15, 0.2) is 18.2 Å². The monoisotopic (exact) mass is 264 g/mol. The highest BCUT2D eigenvalue weighted by Gasteiger charge is 2.34. The predicted octanol–water partition coefficient (Wildman–Crippen LogP) is 2.93. The number of nitriles is 1. The number of benzene rings is 1. The second kappa shape index (κ2) is 5.60. The van der Waals surface area contributed by atoms with E-state index in [4.69, 9.17) is 21.6 Å². The van der Waals surface area contributed by atoms with E-state index in [1.54, 1.807) is 18.2 Å². The molecule has 0 N–H and O–H groups in total. The van der Waals surface area contributed by atoms with Crippen LogP contribution in [0, 0.1) is 17.2 Å². The van der Waals surface area contributed by atoms with Gasteiger partial charge in [0.25, 0.3) is 0 Å². The average molecular weight is 265 g/mol. The van der Waals surface area contributed by atoms with Crippen molar-refractivity contribution < 1.29 is 4.74 Å². The lowest BCUT2D eigenvalue weighted by atomic mass is 10.2. The maximum absolute atomic E-state index is 8.77. The summed E-state index contributed by atoms with van der Waals surface area (Å²) in [5.74, 6) is 1.43. The van der Waals surface area contributed by atoms with Gasteiger partial charge in [-0.05, 0) is 18.1 Å². The molecule has 0 bridgehead atoms. The Morgan fingerprint density at radius 2 is 2.33 bits per heavy atom. The van der Waals surface area contributed by atoms with E-state index >= 15 is 0 Å². The molecule has 1 heterocycles. The first-order valence-corrected chi connectivity index (χ1v) is 6.54. The molecular formula is C14H17ClN2O. The summed E-state index contributed by atoms with van der Waals surface area (Å²) < 4.78 is 5.69. The molecule has 1 aromatic carbocycles. The highest BCUT2D eigenvalue weighted by Crippen LogP contribution is 2.24. The van der Waals surface area contributed by atoms with Crippen LogP contribution in [0.1, 0.15) is 19.4 Å². The van der Waals surface area contributed by atoms with Crippen molar-refractivity contribution in [1.82, 2.24) is 4.90 Å². The molecule has 1 fully saturated rings. The van der Waals surface area contributed by atoms with E-state index in [9.17, 15) is 0 Å². The van der Waals surface area contributed by atoms with E-state index in [1.807, 2.05) is 6.07 Å².